The van der Waals surface area contributed by atoms with Crippen LogP contribution in [-0.4, -0.2) is 179 Å². The van der Waals surface area contributed by atoms with Gasteiger partial charge in [0, 0.05) is 99.8 Å². The van der Waals surface area contributed by atoms with E-state index in [2.05, 4.69) is 53.1 Å². The Bertz CT molecular complexity index is 3470. The molecule has 2 aromatic heterocycles. The van der Waals surface area contributed by atoms with E-state index in [9.17, 15) is 47.9 Å². The monoisotopic (exact) mass is 1520 g/mol. The van der Waals surface area contributed by atoms with Gasteiger partial charge in [-0.25, -0.2) is 14.8 Å². The Morgan fingerprint density at radius 2 is 1.01 bits per heavy atom. The van der Waals surface area contributed by atoms with Gasteiger partial charge in [-0.3, -0.25) is 53.0 Å². The normalized spacial score (nSPS) is 17.9. The number of aryl methyl sites for hydroxylation is 1. The number of rotatable bonds is 41. The van der Waals surface area contributed by atoms with Crippen molar-refractivity contribution >= 4 is 81.7 Å². The Labute approximate surface area is 645 Å². The molecule has 594 valence electrons. The molecule has 0 aliphatic carbocycles. The minimum Gasteiger partial charge on any atom is -0.467 e. The number of aromatic nitrogens is 2. The molecule has 2 saturated heterocycles. The Balaban J connectivity index is 0.000000385. The summed E-state index contributed by atoms with van der Waals surface area (Å²) in [4.78, 5) is 151. The van der Waals surface area contributed by atoms with Gasteiger partial charge in [-0.05, 0) is 127 Å². The zero-order valence-electron chi connectivity index (χ0n) is 67.3. The van der Waals surface area contributed by atoms with Crippen LogP contribution in [0.25, 0.3) is 0 Å². The van der Waals surface area contributed by atoms with Crippen LogP contribution in [0.5, 0.6) is 0 Å². The van der Waals surface area contributed by atoms with Crippen LogP contribution in [0.1, 0.15) is 253 Å². The fraction of sp³-hybridized carbons (Fsp3) is 0.663. The summed E-state index contributed by atoms with van der Waals surface area (Å²) in [5.74, 6) is -4.05. The summed E-state index contributed by atoms with van der Waals surface area (Å²) >= 11 is 2.42. The van der Waals surface area contributed by atoms with Crippen LogP contribution in [-0.2, 0) is 70.1 Å². The predicted molar refractivity (Wildman–Crippen MR) is 419 cm³/mol. The molecule has 2 fully saturated rings. The fourth-order valence-electron chi connectivity index (χ4n) is 14.6. The van der Waals surface area contributed by atoms with Crippen molar-refractivity contribution in [1.29, 1.82) is 0 Å². The van der Waals surface area contributed by atoms with E-state index in [4.69, 9.17) is 23.9 Å². The number of carbonyl (C=O) groups excluding carboxylic acids is 10. The largest absolute Gasteiger partial charge is 0.467 e. The SMILES string of the molecule is CCCN(C(=O)[C@@H](CC(=O)[C@H]1CCCCN1C)[C@@H](C)CC)[C@H](C[C@@H](OC(C)=O)c1nc(C(=O)N[C@@H](Cc2ccc(C)cc2)CC(C)C(=O)OCC)cs1)C(C)C.CCCN(C(=O)[C@@H](CC(=O)[C@H]1CCCCN1C)[C@@H](C)CC)[C@H](C[C@@H](OC(C)=O)c1nc(C(=O)N[C@@H](Cc2ccccc2)C(=O)OC)cs1)C(C)C. The number of nitrogens with zero attached hydrogens (tertiary/aromatic N) is 6. The predicted octanol–water partition coefficient (Wildman–Crippen LogP) is 13.8. The molecule has 0 saturated carbocycles. The quantitative estimate of drug-likeness (QED) is 0.0309. The lowest BCUT2D eigenvalue weighted by Crippen LogP contribution is -2.50. The summed E-state index contributed by atoms with van der Waals surface area (Å²) in [5, 5.41) is 9.95. The minimum absolute atomic E-state index is 0.00233. The van der Waals surface area contributed by atoms with Crippen LogP contribution in [0.15, 0.2) is 65.4 Å². The van der Waals surface area contributed by atoms with Gasteiger partial charge < -0.3 is 39.4 Å². The summed E-state index contributed by atoms with van der Waals surface area (Å²) in [5.41, 5.74) is 3.28. The van der Waals surface area contributed by atoms with Crippen molar-refractivity contribution in [3.05, 3.63) is 103 Å². The number of Topliss-reactive ketones (excluding diaryl/α,β-unsaturated/α-hetero) is 2. The van der Waals surface area contributed by atoms with E-state index in [0.717, 1.165) is 87.6 Å². The molecule has 2 aromatic carbocycles. The van der Waals surface area contributed by atoms with Gasteiger partial charge in [-0.2, -0.15) is 0 Å². The van der Waals surface area contributed by atoms with Crippen LogP contribution >= 0.6 is 22.7 Å². The zero-order chi connectivity index (χ0) is 79.2. The van der Waals surface area contributed by atoms with Crippen molar-refractivity contribution < 1.29 is 66.9 Å². The summed E-state index contributed by atoms with van der Waals surface area (Å²) in [7, 11) is 5.26. The minimum atomic E-state index is -0.929. The fourth-order valence-corrected chi connectivity index (χ4v) is 16.3. The molecule has 2 aliphatic heterocycles. The molecule has 13 atom stereocenters. The molecule has 4 amide bonds. The maximum atomic E-state index is 14.7. The second-order valence-corrected chi connectivity index (χ2v) is 32.1. The molecule has 4 aromatic rings. The van der Waals surface area contributed by atoms with E-state index >= 15 is 0 Å². The molecule has 0 bridgehead atoms. The van der Waals surface area contributed by atoms with Crippen LogP contribution in [0.3, 0.4) is 0 Å². The number of nitrogens with one attached hydrogen (secondary N) is 2. The molecule has 0 spiro atoms. The van der Waals surface area contributed by atoms with Gasteiger partial charge in [-0.1, -0.05) is 162 Å². The molecule has 2 N–H and O–H groups in total. The third-order valence-corrected chi connectivity index (χ3v) is 23.1. The first-order chi connectivity index (χ1) is 50.9. The lowest BCUT2D eigenvalue weighted by molar-refractivity contribution is -0.151. The van der Waals surface area contributed by atoms with Gasteiger partial charge in [0.15, 0.2) is 23.8 Å². The molecule has 2 aliphatic rings. The molecule has 24 heteroatoms. The zero-order valence-corrected chi connectivity index (χ0v) is 68.9. The average molecular weight is 1520 g/mol. The first-order valence-electron chi connectivity index (χ1n) is 39.2. The standard InChI is InChI=1S/C44H68N4O7S.C39H58N4O7S/c1-11-21-48(43(52)35(30(7)12-2)25-39(50)37-16-14-15-22-47(37)10)38(28(4)5)26-40(55-32(9)49)42-46-36(27-56-42)41(51)45-34(23-31(8)44(53)54-13-3)24-33-19-17-29(6)18-20-33;1-9-19-43(38(47)29(26(5)10-2)22-34(45)32-18-14-15-20-42(32)7)33(25(3)4)23-35(50-27(6)44)37-41-31(24-51-37)36(46)40-30(39(48)49-8)21-28-16-12-11-13-17-28/h17-20,27-28,30-31,34-35,37-38,40H,11-16,21-26H2,1-10H3,(H,45,51);11-13,16-17,24-26,29-30,32-33,35H,9-10,14-15,18-23H2,1-8H3,(H,40,46)/t30-,31?,34+,35-,37+,38+,40+;26-,29-,30-,32+,33+,35+/m00/s1. The summed E-state index contributed by atoms with van der Waals surface area (Å²) in [6.07, 6.45) is 9.25. The number of piperidine rings is 2. The summed E-state index contributed by atoms with van der Waals surface area (Å²) < 4.78 is 21.9. The number of esters is 4. The number of benzene rings is 2. The van der Waals surface area contributed by atoms with E-state index in [1.54, 1.807) is 24.6 Å². The van der Waals surface area contributed by atoms with E-state index in [-0.39, 0.29) is 133 Å². The Kier molecular flexibility index (Phi) is 38.5. The van der Waals surface area contributed by atoms with E-state index < -0.39 is 65.7 Å². The number of likely N-dealkylation sites (tertiary alicyclic amines) is 2. The van der Waals surface area contributed by atoms with Gasteiger partial charge in [0.1, 0.15) is 27.4 Å². The van der Waals surface area contributed by atoms with Gasteiger partial charge in [0.25, 0.3) is 11.8 Å². The van der Waals surface area contributed by atoms with Crippen molar-refractivity contribution in [1.82, 2.24) is 40.2 Å². The first-order valence-corrected chi connectivity index (χ1v) is 40.9. The maximum absolute atomic E-state index is 14.7. The lowest BCUT2D eigenvalue weighted by atomic mass is 9.82. The maximum Gasteiger partial charge on any atom is 0.328 e. The number of likely N-dealkylation sites (N-methyl/N-ethyl adjacent to an activating group) is 2. The topological polar surface area (TPSA) is 270 Å². The van der Waals surface area contributed by atoms with Crippen LogP contribution in [0.4, 0.5) is 0 Å². The number of ether oxygens (including phenoxy) is 4. The van der Waals surface area contributed by atoms with Crippen molar-refractivity contribution in [3.63, 3.8) is 0 Å². The van der Waals surface area contributed by atoms with Gasteiger partial charge in [0.05, 0.1) is 31.7 Å². The van der Waals surface area contributed by atoms with E-state index in [1.165, 1.54) is 43.6 Å². The molecule has 1 unspecified atom stereocenters. The number of hydrogen-bond acceptors (Lipinski definition) is 20. The number of carbonyl (C=O) groups is 10. The van der Waals surface area contributed by atoms with Gasteiger partial charge in [0.2, 0.25) is 11.8 Å². The first kappa shape index (κ1) is 90.3. The van der Waals surface area contributed by atoms with Crippen LogP contribution < -0.4 is 10.6 Å². The summed E-state index contributed by atoms with van der Waals surface area (Å²) in [6, 6.07) is 15.1. The highest BCUT2D eigenvalue weighted by Gasteiger charge is 2.42. The van der Waals surface area contributed by atoms with E-state index in [0.29, 0.717) is 42.4 Å². The highest BCUT2D eigenvalue weighted by atomic mass is 32.1. The van der Waals surface area contributed by atoms with Crippen molar-refractivity contribution in [2.45, 2.75) is 261 Å². The van der Waals surface area contributed by atoms with Crippen molar-refractivity contribution in [2.24, 2.45) is 41.4 Å². The Morgan fingerprint density at radius 3 is 1.40 bits per heavy atom. The van der Waals surface area contributed by atoms with Crippen LogP contribution in [0, 0.1) is 48.3 Å². The third kappa shape index (κ3) is 28.0. The van der Waals surface area contributed by atoms with Crippen molar-refractivity contribution in [3.8, 4) is 0 Å². The molecular weight excluding hydrogens is 1400 g/mol. The highest BCUT2D eigenvalue weighted by Crippen LogP contribution is 2.37. The van der Waals surface area contributed by atoms with Gasteiger partial charge in [-0.15, -0.1) is 22.7 Å². The number of thiazole rings is 2. The number of ketones is 2. The second-order valence-electron chi connectivity index (χ2n) is 30.3. The molecule has 0 radical (unpaired) electrons. The molecular formula is C83H126N8O14S2. The highest BCUT2D eigenvalue weighted by molar-refractivity contribution is 7.10. The number of hydrogen-bond donors (Lipinski definition) is 2. The van der Waals surface area contributed by atoms with Gasteiger partial charge >= 0.3 is 23.9 Å². The van der Waals surface area contributed by atoms with Crippen LogP contribution in [0.2, 0.25) is 0 Å². The molecule has 6 rings (SSSR count). The second kappa shape index (κ2) is 45.6. The molecule has 107 heavy (non-hydrogen) atoms. The van der Waals surface area contributed by atoms with Crippen molar-refractivity contribution in [2.75, 3.05) is 54.0 Å². The Hall–Kier alpha value is -7.28. The smallest absolute Gasteiger partial charge is 0.328 e. The molecule has 4 heterocycles. The molecule has 22 nitrogen and oxygen atoms in total. The Morgan fingerprint density at radius 1 is 0.570 bits per heavy atom. The lowest BCUT2D eigenvalue weighted by Gasteiger charge is -2.39. The third-order valence-electron chi connectivity index (χ3n) is 21.2. The number of methoxy groups -OCH3 is 1. The van der Waals surface area contributed by atoms with E-state index in [1.807, 2.05) is 127 Å². The average Bonchev–Trinajstić information content (AvgIpc) is 1.73. The summed E-state index contributed by atoms with van der Waals surface area (Å²) in [6.45, 7) is 31.7. The number of amides is 4.